The molecule has 0 aliphatic carbocycles. The predicted molar refractivity (Wildman–Crippen MR) is 84.2 cm³/mol. The number of hydrogen-bond donors (Lipinski definition) is 0. The Labute approximate surface area is 131 Å². The quantitative estimate of drug-likeness (QED) is 0.856. The Kier molecular flexibility index (Phi) is 5.88. The lowest BCUT2D eigenvalue weighted by atomic mass is 10.2. The second-order valence-corrected chi connectivity index (χ2v) is 5.71. The molecule has 1 aliphatic rings. The number of carbonyl (C=O) groups is 1. The molecular formula is C16H22ClN2O2. The Morgan fingerprint density at radius 1 is 1.33 bits per heavy atom. The van der Waals surface area contributed by atoms with Crippen LogP contribution in [0, 0.1) is 6.92 Å². The normalized spacial score (nSPS) is 17.6. The van der Waals surface area contributed by atoms with Gasteiger partial charge in [0.1, 0.15) is 6.61 Å². The van der Waals surface area contributed by atoms with Crippen molar-refractivity contribution in [3.63, 3.8) is 0 Å². The molecule has 1 atom stereocenters. The van der Waals surface area contributed by atoms with Gasteiger partial charge in [-0.2, -0.15) is 0 Å². The van der Waals surface area contributed by atoms with Crippen LogP contribution in [0.25, 0.3) is 0 Å². The minimum absolute atomic E-state index is 0.216. The molecule has 1 amide bonds. The molecule has 1 unspecified atom stereocenters. The fourth-order valence-electron chi connectivity index (χ4n) is 2.37. The summed E-state index contributed by atoms with van der Waals surface area (Å²) in [7, 11) is 0. The number of hydrogen-bond acceptors (Lipinski definition) is 3. The molecule has 2 rings (SSSR count). The van der Waals surface area contributed by atoms with Crippen LogP contribution < -0.4 is 0 Å². The van der Waals surface area contributed by atoms with E-state index in [1.54, 1.807) is 11.0 Å². The van der Waals surface area contributed by atoms with Crippen LogP contribution in [0.15, 0.2) is 24.3 Å². The number of halogens is 1. The van der Waals surface area contributed by atoms with Gasteiger partial charge < -0.3 is 9.64 Å². The summed E-state index contributed by atoms with van der Waals surface area (Å²) < 4.78 is 5.34. The maximum atomic E-state index is 12.1. The fraction of sp³-hybridized carbons (Fsp3) is 0.500. The molecule has 21 heavy (non-hydrogen) atoms. The van der Waals surface area contributed by atoms with Gasteiger partial charge in [-0.3, -0.25) is 4.90 Å². The van der Waals surface area contributed by atoms with Gasteiger partial charge in [0.2, 0.25) is 0 Å². The van der Waals surface area contributed by atoms with E-state index >= 15 is 0 Å². The highest BCUT2D eigenvalue weighted by Crippen LogP contribution is 2.16. The lowest BCUT2D eigenvalue weighted by Crippen LogP contribution is -2.51. The zero-order valence-corrected chi connectivity index (χ0v) is 13.2. The van der Waals surface area contributed by atoms with E-state index in [-0.39, 0.29) is 12.7 Å². The molecule has 0 bridgehead atoms. The molecular weight excluding hydrogens is 288 g/mol. The summed E-state index contributed by atoms with van der Waals surface area (Å²) in [5.41, 5.74) is 0.830. The van der Waals surface area contributed by atoms with Crippen molar-refractivity contribution >= 4 is 17.7 Å². The number of ether oxygens (including phenoxy) is 1. The van der Waals surface area contributed by atoms with Crippen LogP contribution in [-0.4, -0.2) is 48.1 Å². The van der Waals surface area contributed by atoms with Gasteiger partial charge >= 0.3 is 6.09 Å². The van der Waals surface area contributed by atoms with Crippen molar-refractivity contribution < 1.29 is 9.53 Å². The predicted octanol–water partition coefficient (Wildman–Crippen LogP) is 3.21. The first kappa shape index (κ1) is 16.1. The Morgan fingerprint density at radius 2 is 2.00 bits per heavy atom. The summed E-state index contributed by atoms with van der Waals surface area (Å²) in [4.78, 5) is 16.2. The largest absolute Gasteiger partial charge is 0.444 e. The van der Waals surface area contributed by atoms with E-state index in [0.29, 0.717) is 24.2 Å². The van der Waals surface area contributed by atoms with Gasteiger partial charge in [0, 0.05) is 42.8 Å². The summed E-state index contributed by atoms with van der Waals surface area (Å²) in [5.74, 6) is 0. The number of amides is 1. The average Bonchev–Trinajstić information content (AvgIpc) is 2.53. The molecule has 0 aromatic heterocycles. The molecule has 0 saturated carbocycles. The van der Waals surface area contributed by atoms with E-state index in [9.17, 15) is 4.79 Å². The molecule has 1 aromatic carbocycles. The second kappa shape index (κ2) is 7.66. The molecule has 0 N–H and O–H groups in total. The van der Waals surface area contributed by atoms with Crippen molar-refractivity contribution in [2.45, 2.75) is 26.0 Å². The van der Waals surface area contributed by atoms with Crippen molar-refractivity contribution in [1.29, 1.82) is 0 Å². The summed E-state index contributed by atoms with van der Waals surface area (Å²) in [6, 6.07) is 7.86. The minimum atomic E-state index is -0.267. The van der Waals surface area contributed by atoms with Crippen LogP contribution >= 0.6 is 11.6 Å². The van der Waals surface area contributed by atoms with E-state index in [1.165, 1.54) is 0 Å². The Balaban J connectivity index is 1.79. The molecule has 1 radical (unpaired) electrons. The van der Waals surface area contributed by atoms with E-state index in [1.807, 2.05) is 18.2 Å². The van der Waals surface area contributed by atoms with Crippen molar-refractivity contribution in [1.82, 2.24) is 9.80 Å². The summed E-state index contributed by atoms with van der Waals surface area (Å²) >= 11 is 6.05. The number of rotatable bonds is 4. The molecule has 1 aliphatic heterocycles. The Bertz CT molecular complexity index is 473. The summed E-state index contributed by atoms with van der Waals surface area (Å²) in [6.45, 7) is 9.45. The highest BCUT2D eigenvalue weighted by molar-refractivity contribution is 6.31. The standard InChI is InChI=1S/C16H22ClN2O2/c1-3-13(2)18-8-10-19(11-9-18)16(20)21-12-14-6-4-5-7-15(14)17/h4-7,13H,1,3,8-12H2,2H3. The highest BCUT2D eigenvalue weighted by atomic mass is 35.5. The van der Waals surface area contributed by atoms with Gasteiger partial charge in [0.05, 0.1) is 0 Å². The topological polar surface area (TPSA) is 32.8 Å². The Hall–Kier alpha value is -1.26. The third kappa shape index (κ3) is 4.35. The van der Waals surface area contributed by atoms with E-state index in [2.05, 4.69) is 18.7 Å². The van der Waals surface area contributed by atoms with Crippen molar-refractivity contribution in [3.8, 4) is 0 Å². The monoisotopic (exact) mass is 309 g/mol. The summed E-state index contributed by atoms with van der Waals surface area (Å²) in [5, 5.41) is 0.624. The first-order valence-electron chi connectivity index (χ1n) is 7.30. The third-order valence-corrected chi connectivity index (χ3v) is 4.29. The number of piperazine rings is 1. The van der Waals surface area contributed by atoms with Gasteiger partial charge in [0.25, 0.3) is 0 Å². The Morgan fingerprint density at radius 3 is 2.62 bits per heavy atom. The van der Waals surface area contributed by atoms with Gasteiger partial charge in [-0.15, -0.1) is 0 Å². The first-order valence-corrected chi connectivity index (χ1v) is 7.68. The lowest BCUT2D eigenvalue weighted by Gasteiger charge is -2.37. The molecule has 1 saturated heterocycles. The molecule has 4 nitrogen and oxygen atoms in total. The maximum Gasteiger partial charge on any atom is 0.410 e. The second-order valence-electron chi connectivity index (χ2n) is 5.31. The number of carbonyl (C=O) groups excluding carboxylic acids is 1. The molecule has 1 heterocycles. The van der Waals surface area contributed by atoms with Crippen LogP contribution in [0.4, 0.5) is 4.79 Å². The van der Waals surface area contributed by atoms with E-state index < -0.39 is 0 Å². The van der Waals surface area contributed by atoms with Gasteiger partial charge in [-0.1, -0.05) is 36.7 Å². The van der Waals surface area contributed by atoms with Crippen LogP contribution in [0.5, 0.6) is 0 Å². The maximum absolute atomic E-state index is 12.1. The van der Waals surface area contributed by atoms with Crippen LogP contribution in [0.1, 0.15) is 18.9 Å². The molecule has 1 aromatic rings. The number of benzene rings is 1. The molecule has 5 heteroatoms. The van der Waals surface area contributed by atoms with E-state index in [0.717, 1.165) is 25.1 Å². The molecule has 1 fully saturated rings. The van der Waals surface area contributed by atoms with Crippen LogP contribution in [0.3, 0.4) is 0 Å². The van der Waals surface area contributed by atoms with E-state index in [4.69, 9.17) is 16.3 Å². The third-order valence-electron chi connectivity index (χ3n) is 3.92. The molecule has 0 spiro atoms. The van der Waals surface area contributed by atoms with Crippen molar-refractivity contribution in [2.75, 3.05) is 26.2 Å². The average molecular weight is 310 g/mol. The number of nitrogens with zero attached hydrogens (tertiary/aromatic N) is 2. The summed E-state index contributed by atoms with van der Waals surface area (Å²) in [6.07, 6.45) is 0.619. The van der Waals surface area contributed by atoms with Crippen molar-refractivity contribution in [3.05, 3.63) is 41.8 Å². The van der Waals surface area contributed by atoms with Crippen LogP contribution in [-0.2, 0) is 11.3 Å². The first-order chi connectivity index (χ1) is 10.1. The van der Waals surface area contributed by atoms with Crippen molar-refractivity contribution in [2.24, 2.45) is 0 Å². The highest BCUT2D eigenvalue weighted by Gasteiger charge is 2.24. The molecule has 115 valence electrons. The van der Waals surface area contributed by atoms with Gasteiger partial charge in [0.15, 0.2) is 0 Å². The van der Waals surface area contributed by atoms with Gasteiger partial charge in [-0.05, 0) is 19.4 Å². The zero-order valence-electron chi connectivity index (χ0n) is 12.4. The smallest absolute Gasteiger partial charge is 0.410 e. The lowest BCUT2D eigenvalue weighted by molar-refractivity contribution is 0.0623. The fourth-order valence-corrected chi connectivity index (χ4v) is 2.56. The SMILES string of the molecule is [CH2]CC(C)N1CCN(C(=O)OCc2ccccc2Cl)CC1. The van der Waals surface area contributed by atoms with Gasteiger partial charge in [-0.25, -0.2) is 4.79 Å². The zero-order chi connectivity index (χ0) is 15.2. The minimum Gasteiger partial charge on any atom is -0.444 e. The van der Waals surface area contributed by atoms with Crippen LogP contribution in [0.2, 0.25) is 5.02 Å².